The number of nitrogen functional groups attached to an aromatic ring is 1. The lowest BCUT2D eigenvalue weighted by Crippen LogP contribution is -2.29. The number of anilines is 2. The Hall–Kier alpha value is -1.56. The largest absolute Gasteiger partial charge is 0.479 e. The van der Waals surface area contributed by atoms with Crippen LogP contribution >= 0.6 is 0 Å². The Morgan fingerprint density at radius 1 is 1.33 bits per heavy atom. The Kier molecular flexibility index (Phi) is 6.21. The van der Waals surface area contributed by atoms with Crippen molar-refractivity contribution in [3.05, 3.63) is 6.33 Å². The van der Waals surface area contributed by atoms with Crippen LogP contribution in [0.2, 0.25) is 0 Å². The van der Waals surface area contributed by atoms with E-state index in [2.05, 4.69) is 34.0 Å². The van der Waals surface area contributed by atoms with Crippen molar-refractivity contribution in [3.8, 4) is 5.88 Å². The first-order valence-electron chi connectivity index (χ1n) is 6.33. The van der Waals surface area contributed by atoms with E-state index in [9.17, 15) is 0 Å². The minimum absolute atomic E-state index is 0.411. The van der Waals surface area contributed by atoms with Gasteiger partial charge in [0.25, 0.3) is 0 Å². The van der Waals surface area contributed by atoms with E-state index in [-0.39, 0.29) is 0 Å². The van der Waals surface area contributed by atoms with Gasteiger partial charge in [-0.05, 0) is 19.5 Å². The van der Waals surface area contributed by atoms with E-state index in [0.29, 0.717) is 17.4 Å². The Labute approximate surface area is 109 Å². The number of nitrogens with zero attached hydrogens (tertiary/aromatic N) is 3. The monoisotopic (exact) mass is 253 g/mol. The highest BCUT2D eigenvalue weighted by atomic mass is 16.5. The van der Waals surface area contributed by atoms with E-state index >= 15 is 0 Å². The molecular weight excluding hydrogens is 230 g/mol. The van der Waals surface area contributed by atoms with Crippen LogP contribution in [0.5, 0.6) is 5.88 Å². The predicted octanol–water partition coefficient (Wildman–Crippen LogP) is 1.21. The molecular formula is C12H23N5O. The molecule has 0 aliphatic heterocycles. The zero-order valence-corrected chi connectivity index (χ0v) is 11.4. The maximum atomic E-state index is 5.88. The summed E-state index contributed by atoms with van der Waals surface area (Å²) in [6.07, 6.45) is 2.61. The van der Waals surface area contributed by atoms with Gasteiger partial charge in [-0.3, -0.25) is 0 Å². The van der Waals surface area contributed by atoms with Gasteiger partial charge < -0.3 is 20.7 Å². The van der Waals surface area contributed by atoms with Crippen molar-refractivity contribution in [1.29, 1.82) is 0 Å². The van der Waals surface area contributed by atoms with Gasteiger partial charge in [-0.25, -0.2) is 4.98 Å². The molecule has 0 unspecified atom stereocenters. The van der Waals surface area contributed by atoms with Crippen LogP contribution in [0.15, 0.2) is 6.33 Å². The Bertz CT molecular complexity index is 358. The number of likely N-dealkylation sites (N-methyl/N-ethyl adjacent to an activating group) is 1. The molecule has 0 aliphatic rings. The van der Waals surface area contributed by atoms with Gasteiger partial charge in [-0.15, -0.1) is 0 Å². The SMILES string of the molecule is CCCN(CC)CCNc1ncnc(OC)c1N. The standard InChI is InChI=1S/C12H23N5O/c1-4-7-17(5-2)8-6-14-11-10(13)12(18-3)16-9-15-11/h9H,4-8,13H2,1-3H3,(H,14,15,16). The number of hydrogen-bond donors (Lipinski definition) is 2. The lowest BCUT2D eigenvalue weighted by Gasteiger charge is -2.20. The van der Waals surface area contributed by atoms with Gasteiger partial charge >= 0.3 is 0 Å². The molecule has 18 heavy (non-hydrogen) atoms. The number of rotatable bonds is 8. The summed E-state index contributed by atoms with van der Waals surface area (Å²) in [5.41, 5.74) is 6.33. The Morgan fingerprint density at radius 3 is 2.72 bits per heavy atom. The topological polar surface area (TPSA) is 76.3 Å². The van der Waals surface area contributed by atoms with Crippen molar-refractivity contribution < 1.29 is 4.74 Å². The molecule has 0 spiro atoms. The Morgan fingerprint density at radius 2 is 2.11 bits per heavy atom. The second-order valence-electron chi connectivity index (χ2n) is 4.01. The molecule has 0 aliphatic carbocycles. The highest BCUT2D eigenvalue weighted by Crippen LogP contribution is 2.23. The molecule has 1 aromatic rings. The third-order valence-corrected chi connectivity index (χ3v) is 2.75. The summed E-state index contributed by atoms with van der Waals surface area (Å²) < 4.78 is 5.05. The first-order chi connectivity index (χ1) is 8.72. The molecule has 1 heterocycles. The zero-order chi connectivity index (χ0) is 13.4. The molecule has 1 aromatic heterocycles. The summed E-state index contributed by atoms with van der Waals surface area (Å²) in [4.78, 5) is 10.4. The maximum Gasteiger partial charge on any atom is 0.242 e. The van der Waals surface area contributed by atoms with Gasteiger partial charge in [0, 0.05) is 13.1 Å². The van der Waals surface area contributed by atoms with E-state index in [1.165, 1.54) is 6.33 Å². The van der Waals surface area contributed by atoms with Crippen LogP contribution < -0.4 is 15.8 Å². The first kappa shape index (κ1) is 14.5. The van der Waals surface area contributed by atoms with E-state index in [1.54, 1.807) is 7.11 Å². The summed E-state index contributed by atoms with van der Waals surface area (Å²) in [5.74, 6) is 1.04. The summed E-state index contributed by atoms with van der Waals surface area (Å²) in [6, 6.07) is 0. The molecule has 0 fully saturated rings. The highest BCUT2D eigenvalue weighted by molar-refractivity contribution is 5.66. The molecule has 1 rings (SSSR count). The fraction of sp³-hybridized carbons (Fsp3) is 0.667. The van der Waals surface area contributed by atoms with Gasteiger partial charge in [0.1, 0.15) is 12.0 Å². The number of aromatic nitrogens is 2. The van der Waals surface area contributed by atoms with Crippen molar-refractivity contribution >= 4 is 11.5 Å². The fourth-order valence-corrected chi connectivity index (χ4v) is 1.76. The van der Waals surface area contributed by atoms with Crippen molar-refractivity contribution in [2.75, 3.05) is 44.3 Å². The van der Waals surface area contributed by atoms with Crippen LogP contribution in [-0.2, 0) is 0 Å². The molecule has 0 saturated heterocycles. The van der Waals surface area contributed by atoms with Gasteiger partial charge in [0.05, 0.1) is 7.11 Å². The first-order valence-corrected chi connectivity index (χ1v) is 6.33. The predicted molar refractivity (Wildman–Crippen MR) is 73.9 cm³/mol. The lowest BCUT2D eigenvalue weighted by molar-refractivity contribution is 0.300. The van der Waals surface area contributed by atoms with Crippen molar-refractivity contribution in [3.63, 3.8) is 0 Å². The van der Waals surface area contributed by atoms with Crippen LogP contribution in [0.1, 0.15) is 20.3 Å². The number of hydrogen-bond acceptors (Lipinski definition) is 6. The fourth-order valence-electron chi connectivity index (χ4n) is 1.76. The van der Waals surface area contributed by atoms with Crippen molar-refractivity contribution in [2.45, 2.75) is 20.3 Å². The van der Waals surface area contributed by atoms with E-state index in [0.717, 1.165) is 32.6 Å². The van der Waals surface area contributed by atoms with E-state index in [4.69, 9.17) is 10.5 Å². The minimum Gasteiger partial charge on any atom is -0.479 e. The molecule has 3 N–H and O–H groups in total. The summed E-state index contributed by atoms with van der Waals surface area (Å²) in [7, 11) is 1.54. The zero-order valence-electron chi connectivity index (χ0n) is 11.4. The molecule has 6 heteroatoms. The molecule has 6 nitrogen and oxygen atoms in total. The second-order valence-corrected chi connectivity index (χ2v) is 4.01. The third kappa shape index (κ3) is 4.03. The van der Waals surface area contributed by atoms with Crippen LogP contribution in [0.25, 0.3) is 0 Å². The van der Waals surface area contributed by atoms with E-state index < -0.39 is 0 Å². The van der Waals surface area contributed by atoms with Crippen LogP contribution in [0.4, 0.5) is 11.5 Å². The minimum atomic E-state index is 0.411. The lowest BCUT2D eigenvalue weighted by atomic mass is 10.4. The van der Waals surface area contributed by atoms with E-state index in [1.807, 2.05) is 0 Å². The summed E-state index contributed by atoms with van der Waals surface area (Å²) >= 11 is 0. The number of ether oxygens (including phenoxy) is 1. The van der Waals surface area contributed by atoms with Gasteiger partial charge in [-0.2, -0.15) is 4.98 Å². The molecule has 102 valence electrons. The smallest absolute Gasteiger partial charge is 0.242 e. The van der Waals surface area contributed by atoms with Gasteiger partial charge in [0.15, 0.2) is 5.82 Å². The second kappa shape index (κ2) is 7.71. The van der Waals surface area contributed by atoms with Gasteiger partial charge in [0.2, 0.25) is 5.88 Å². The van der Waals surface area contributed by atoms with Crippen LogP contribution in [0, 0.1) is 0 Å². The third-order valence-electron chi connectivity index (χ3n) is 2.75. The molecule has 0 amide bonds. The molecule has 0 radical (unpaired) electrons. The normalized spacial score (nSPS) is 10.7. The van der Waals surface area contributed by atoms with Crippen LogP contribution in [0.3, 0.4) is 0 Å². The average Bonchev–Trinajstić information content (AvgIpc) is 2.39. The molecule has 0 aromatic carbocycles. The molecule has 0 atom stereocenters. The Balaban J connectivity index is 2.48. The quantitative estimate of drug-likeness (QED) is 0.725. The maximum absolute atomic E-state index is 5.88. The summed E-state index contributed by atoms with van der Waals surface area (Å²) in [6.45, 7) is 8.29. The molecule has 0 bridgehead atoms. The van der Waals surface area contributed by atoms with Crippen LogP contribution in [-0.4, -0.2) is 48.2 Å². The number of nitrogens with two attached hydrogens (primary N) is 1. The summed E-state index contributed by atoms with van der Waals surface area (Å²) in [5, 5.41) is 3.21. The molecule has 0 saturated carbocycles. The van der Waals surface area contributed by atoms with Gasteiger partial charge in [-0.1, -0.05) is 13.8 Å². The number of nitrogens with one attached hydrogen (secondary N) is 1. The highest BCUT2D eigenvalue weighted by Gasteiger charge is 2.08. The van der Waals surface area contributed by atoms with Crippen molar-refractivity contribution in [1.82, 2.24) is 14.9 Å². The number of methoxy groups -OCH3 is 1. The van der Waals surface area contributed by atoms with Crippen molar-refractivity contribution in [2.24, 2.45) is 0 Å². The average molecular weight is 253 g/mol.